The molecule has 0 radical (unpaired) electrons. The van der Waals surface area contributed by atoms with Gasteiger partial charge in [-0.15, -0.1) is 0 Å². The Bertz CT molecular complexity index is 2150. The van der Waals surface area contributed by atoms with Gasteiger partial charge in [-0.3, -0.25) is 0 Å². The molecule has 0 aliphatic carbocycles. The first kappa shape index (κ1) is 22.0. The van der Waals surface area contributed by atoms with Crippen LogP contribution in [0.4, 0.5) is 17.1 Å². The molecule has 0 heterocycles. The second kappa shape index (κ2) is 16.9. The average molecular weight is 654 g/mol. The van der Waals surface area contributed by atoms with Gasteiger partial charge in [-0.1, -0.05) is 120 Å². The Hall–Kier alpha value is -4.60. The topological polar surface area (TPSA) is 38.0 Å². The van der Waals surface area contributed by atoms with Crippen LogP contribution >= 0.6 is 15.9 Å². The predicted molar refractivity (Wildman–Crippen MR) is 198 cm³/mol. The number of hydrogen-bond acceptors (Lipinski definition) is 2. The summed E-state index contributed by atoms with van der Waals surface area (Å²) in [5.41, 5.74) is 14.7. The number of nitrogen functional groups attached to an aromatic ring is 1. The molecule has 0 saturated carbocycles. The predicted octanol–water partition coefficient (Wildman–Crippen LogP) is 12.4. The van der Waals surface area contributed by atoms with E-state index in [1.54, 1.807) is 36.4 Å². The van der Waals surface area contributed by atoms with Gasteiger partial charge in [-0.05, 0) is 121 Å². The van der Waals surface area contributed by atoms with Gasteiger partial charge in [-0.2, -0.15) is 0 Å². The molecule has 6 aromatic carbocycles. The molecule has 44 heavy (non-hydrogen) atoms. The lowest BCUT2D eigenvalue weighted by Crippen LogP contribution is -1.91. The van der Waals surface area contributed by atoms with Crippen LogP contribution in [0.2, 0.25) is 0 Å². The lowest BCUT2D eigenvalue weighted by Gasteiger charge is -2.09. The summed E-state index contributed by atoms with van der Waals surface area (Å²) >= 11 is 3.30. The van der Waals surface area contributed by atoms with E-state index in [4.69, 9.17) is 19.4 Å². The van der Waals surface area contributed by atoms with E-state index >= 15 is 0 Å². The summed E-state index contributed by atoms with van der Waals surface area (Å²) in [5, 5.41) is 3.33. The van der Waals surface area contributed by atoms with Crippen LogP contribution in [0.25, 0.3) is 22.3 Å². The molecule has 0 amide bonds. The van der Waals surface area contributed by atoms with Crippen molar-refractivity contribution in [2.45, 2.75) is 35.1 Å². The summed E-state index contributed by atoms with van der Waals surface area (Å²) in [4.78, 5) is 0. The summed E-state index contributed by atoms with van der Waals surface area (Å²) in [5.74, 6) is 0. The molecule has 0 saturated heterocycles. The van der Waals surface area contributed by atoms with Crippen molar-refractivity contribution in [2.24, 2.45) is 0 Å². The third-order valence-corrected chi connectivity index (χ3v) is 6.59. The SMILES string of the molecule is C.Cc1cc(C)cc(N)c1.[2H]c1c([2H])c([2H])c(-c2ccc(Br)cc2)c([2H])c1[2H].[2H]c1c([2H])c([2H])c(-c2ccc(Nc3cc(C)cc(C)c3)cc2)c([2H])c1[2H]. The molecular formula is C41H43BrN2. The molecule has 3 heteroatoms. The molecule has 3 N–H and O–H groups in total. The van der Waals surface area contributed by atoms with Crippen molar-refractivity contribution in [3.05, 3.63) is 172 Å². The molecule has 0 aliphatic rings. The molecular weight excluding hydrogens is 600 g/mol. The van der Waals surface area contributed by atoms with Crippen LogP contribution in [0.5, 0.6) is 0 Å². The van der Waals surface area contributed by atoms with E-state index in [0.717, 1.165) is 21.5 Å². The first-order valence-corrected chi connectivity index (χ1v) is 14.4. The van der Waals surface area contributed by atoms with Gasteiger partial charge in [0.15, 0.2) is 0 Å². The number of anilines is 3. The highest BCUT2D eigenvalue weighted by atomic mass is 79.9. The van der Waals surface area contributed by atoms with E-state index in [1.165, 1.54) is 22.3 Å². The monoisotopic (exact) mass is 652 g/mol. The van der Waals surface area contributed by atoms with E-state index in [9.17, 15) is 0 Å². The fourth-order valence-corrected chi connectivity index (χ4v) is 4.61. The summed E-state index contributed by atoms with van der Waals surface area (Å²) in [6, 6.07) is 23.7. The zero-order valence-electron chi connectivity index (χ0n) is 34.5. The summed E-state index contributed by atoms with van der Waals surface area (Å²) < 4.78 is 78.7. The van der Waals surface area contributed by atoms with Gasteiger partial charge in [0.1, 0.15) is 0 Å². The van der Waals surface area contributed by atoms with Crippen LogP contribution in [0.15, 0.2) is 150 Å². The molecule has 0 fully saturated rings. The van der Waals surface area contributed by atoms with Crippen molar-refractivity contribution in [1.82, 2.24) is 0 Å². The fourth-order valence-electron chi connectivity index (χ4n) is 4.35. The molecule has 6 rings (SSSR count). The van der Waals surface area contributed by atoms with E-state index in [2.05, 4.69) is 45.5 Å². The van der Waals surface area contributed by atoms with Gasteiger partial charge in [0.25, 0.3) is 0 Å². The second-order valence-corrected chi connectivity index (χ2v) is 10.9. The number of halogens is 1. The van der Waals surface area contributed by atoms with Crippen molar-refractivity contribution < 1.29 is 13.7 Å². The Morgan fingerprint density at radius 1 is 0.500 bits per heavy atom. The maximum atomic E-state index is 8.06. The number of nitrogens with one attached hydrogen (secondary N) is 1. The number of rotatable bonds is 4. The van der Waals surface area contributed by atoms with Crippen molar-refractivity contribution in [3.63, 3.8) is 0 Å². The summed E-state index contributed by atoms with van der Waals surface area (Å²) in [7, 11) is 0. The Morgan fingerprint density at radius 2 is 0.886 bits per heavy atom. The molecule has 224 valence electrons. The van der Waals surface area contributed by atoms with Gasteiger partial charge in [0.05, 0.1) is 13.7 Å². The van der Waals surface area contributed by atoms with Crippen molar-refractivity contribution in [3.8, 4) is 22.3 Å². The van der Waals surface area contributed by atoms with Gasteiger partial charge >= 0.3 is 0 Å². The van der Waals surface area contributed by atoms with Crippen molar-refractivity contribution >= 4 is 33.0 Å². The Labute approximate surface area is 286 Å². The summed E-state index contributed by atoms with van der Waals surface area (Å²) in [6.45, 7) is 8.17. The van der Waals surface area contributed by atoms with Crippen molar-refractivity contribution in [1.29, 1.82) is 0 Å². The number of aryl methyl sites for hydroxylation is 4. The molecule has 6 aromatic rings. The largest absolute Gasteiger partial charge is 0.399 e. The van der Waals surface area contributed by atoms with E-state index in [0.29, 0.717) is 11.1 Å². The lowest BCUT2D eigenvalue weighted by molar-refractivity contribution is 1.37. The van der Waals surface area contributed by atoms with Crippen LogP contribution in [-0.2, 0) is 0 Å². The minimum Gasteiger partial charge on any atom is -0.399 e. The van der Waals surface area contributed by atoms with Gasteiger partial charge in [0.2, 0.25) is 0 Å². The van der Waals surface area contributed by atoms with E-state index in [-0.39, 0.29) is 79.0 Å². The van der Waals surface area contributed by atoms with Gasteiger partial charge in [-0.25, -0.2) is 0 Å². The molecule has 0 unspecified atom stereocenters. The second-order valence-electron chi connectivity index (χ2n) is 10.0. The summed E-state index contributed by atoms with van der Waals surface area (Å²) in [6.07, 6.45) is 0. The minimum atomic E-state index is -0.378. The Balaban J connectivity index is 0.000000242. The fraction of sp³-hybridized carbons (Fsp3) is 0.122. The number of hydrogen-bond donors (Lipinski definition) is 2. The highest BCUT2D eigenvalue weighted by Gasteiger charge is 2.00. The van der Waals surface area contributed by atoms with Gasteiger partial charge < -0.3 is 11.1 Å². The first-order valence-electron chi connectivity index (χ1n) is 18.6. The third kappa shape index (κ3) is 10.9. The smallest absolute Gasteiger partial charge is 0.0629 e. The molecule has 0 atom stereocenters. The third-order valence-electron chi connectivity index (χ3n) is 6.06. The normalized spacial score (nSPS) is 13.0. The van der Waals surface area contributed by atoms with Crippen molar-refractivity contribution in [2.75, 3.05) is 11.1 Å². The quantitative estimate of drug-likeness (QED) is 0.186. The lowest BCUT2D eigenvalue weighted by atomic mass is 10.1. The molecule has 0 bridgehead atoms. The molecule has 0 aliphatic heterocycles. The van der Waals surface area contributed by atoms with Gasteiger partial charge in [0, 0.05) is 21.5 Å². The highest BCUT2D eigenvalue weighted by Crippen LogP contribution is 2.24. The number of nitrogens with two attached hydrogens (primary N) is 1. The minimum absolute atomic E-state index is 0. The van der Waals surface area contributed by atoms with Crippen LogP contribution in [0.3, 0.4) is 0 Å². The molecule has 0 spiro atoms. The average Bonchev–Trinajstić information content (AvgIpc) is 3.09. The number of benzene rings is 6. The maximum Gasteiger partial charge on any atom is 0.0629 e. The van der Waals surface area contributed by atoms with Crippen LogP contribution in [0, 0.1) is 27.7 Å². The Morgan fingerprint density at radius 3 is 1.30 bits per heavy atom. The van der Waals surface area contributed by atoms with E-state index < -0.39 is 0 Å². The molecule has 2 nitrogen and oxygen atoms in total. The zero-order chi connectivity index (χ0) is 39.3. The first-order chi connectivity index (χ1) is 24.9. The highest BCUT2D eigenvalue weighted by molar-refractivity contribution is 9.10. The van der Waals surface area contributed by atoms with E-state index in [1.807, 2.05) is 52.0 Å². The maximum absolute atomic E-state index is 8.06. The van der Waals surface area contributed by atoms with Crippen LogP contribution < -0.4 is 11.1 Å². The zero-order valence-corrected chi connectivity index (χ0v) is 26.1. The standard InChI is InChI=1S/C20H19N.C12H9Br.C8H11N.CH4/c1-15-12-16(2)14-20(13-15)21-19-10-8-18(9-11-19)17-6-4-3-5-7-17;13-12-8-6-11(7-9-12)10-4-2-1-3-5-10;1-6-3-7(2)5-8(9)4-6;/h3-14,21H,1-2H3;1-9H;3-5H,9H2,1-2H3;1H4/i3D,4D,5D,6D,7D;1D,2D,3D,4D,5D;;. The van der Waals surface area contributed by atoms with Crippen LogP contribution in [-0.4, -0.2) is 0 Å². The van der Waals surface area contributed by atoms with Crippen LogP contribution in [0.1, 0.15) is 43.4 Å². The molecule has 0 aromatic heterocycles. The Kier molecular flexibility index (Phi) is 8.44.